The molecular formula is C34H41N5O6. The van der Waals surface area contributed by atoms with Gasteiger partial charge in [0, 0.05) is 56.9 Å². The van der Waals surface area contributed by atoms with E-state index >= 15 is 0 Å². The van der Waals surface area contributed by atoms with Crippen molar-refractivity contribution in [2.24, 2.45) is 0 Å². The summed E-state index contributed by atoms with van der Waals surface area (Å²) in [6.45, 7) is 5.17. The predicted octanol–water partition coefficient (Wildman–Crippen LogP) is 3.29. The highest BCUT2D eigenvalue weighted by atomic mass is 16.5. The lowest BCUT2D eigenvalue weighted by Crippen LogP contribution is -2.49. The van der Waals surface area contributed by atoms with E-state index in [-0.39, 0.29) is 17.7 Å². The van der Waals surface area contributed by atoms with Gasteiger partial charge in [0.25, 0.3) is 11.8 Å². The lowest BCUT2D eigenvalue weighted by Gasteiger charge is -2.37. The van der Waals surface area contributed by atoms with Crippen LogP contribution in [-0.4, -0.2) is 101 Å². The Morgan fingerprint density at radius 3 is 2.18 bits per heavy atom. The number of amides is 3. The third-order valence-corrected chi connectivity index (χ3v) is 8.25. The molecule has 0 atom stereocenters. The molecule has 3 aromatic rings. The highest BCUT2D eigenvalue weighted by Gasteiger charge is 2.25. The number of hydrogen-bond donors (Lipinski definition) is 2. The quantitative estimate of drug-likeness (QED) is 0.377. The van der Waals surface area contributed by atoms with Crippen LogP contribution in [0.2, 0.25) is 0 Å². The minimum atomic E-state index is -0.339. The zero-order chi connectivity index (χ0) is 31.8. The first-order valence-electron chi connectivity index (χ1n) is 15.2. The van der Waals surface area contributed by atoms with Crippen molar-refractivity contribution in [3.8, 4) is 17.2 Å². The van der Waals surface area contributed by atoms with Crippen LogP contribution in [-0.2, 0) is 11.2 Å². The van der Waals surface area contributed by atoms with Gasteiger partial charge in [-0.1, -0.05) is 12.1 Å². The molecule has 0 aliphatic carbocycles. The van der Waals surface area contributed by atoms with E-state index in [2.05, 4.69) is 15.5 Å². The largest absolute Gasteiger partial charge is 0.497 e. The van der Waals surface area contributed by atoms with E-state index in [1.54, 1.807) is 38.5 Å². The van der Waals surface area contributed by atoms with Crippen LogP contribution in [0.1, 0.15) is 32.7 Å². The van der Waals surface area contributed by atoms with Crippen molar-refractivity contribution in [3.63, 3.8) is 0 Å². The van der Waals surface area contributed by atoms with Gasteiger partial charge in [-0.3, -0.25) is 14.4 Å². The van der Waals surface area contributed by atoms with Crippen LogP contribution in [0, 0.1) is 0 Å². The monoisotopic (exact) mass is 615 g/mol. The van der Waals surface area contributed by atoms with Gasteiger partial charge in [-0.05, 0) is 67.1 Å². The molecule has 0 saturated carbocycles. The summed E-state index contributed by atoms with van der Waals surface area (Å²) in [5, 5.41) is 6.38. The summed E-state index contributed by atoms with van der Waals surface area (Å²) in [7, 11) is 4.68. The van der Waals surface area contributed by atoms with Crippen molar-refractivity contribution in [2.75, 3.05) is 83.9 Å². The molecule has 2 aliphatic heterocycles. The van der Waals surface area contributed by atoms with Gasteiger partial charge in [0.05, 0.1) is 39.1 Å². The predicted molar refractivity (Wildman–Crippen MR) is 173 cm³/mol. The summed E-state index contributed by atoms with van der Waals surface area (Å²) < 4.78 is 15.9. The van der Waals surface area contributed by atoms with Gasteiger partial charge in [0.2, 0.25) is 5.91 Å². The molecule has 238 valence electrons. The SMILES string of the molecule is COc1ccc(CC(=O)N2CCN(c3ccc(C(=O)N4CCCNCC4)cc3NC(=O)c3ccc(OC)c(OC)c3)CC2)cc1. The number of nitrogens with zero attached hydrogens (tertiary/aromatic N) is 3. The van der Waals surface area contributed by atoms with Gasteiger partial charge in [-0.2, -0.15) is 0 Å². The molecule has 0 radical (unpaired) electrons. The normalized spacial score (nSPS) is 15.2. The Bertz CT molecular complexity index is 1500. The van der Waals surface area contributed by atoms with Crippen molar-refractivity contribution in [3.05, 3.63) is 77.4 Å². The standard InChI is InChI=1S/C34H41N5O6/c1-43-27-9-5-24(6-10-27)21-32(40)38-19-17-37(18-20-38)29-11-7-26(34(42)39-15-4-13-35-14-16-39)22-28(29)36-33(41)25-8-12-30(44-2)31(23-25)45-3/h5-12,22-23,35H,4,13-21H2,1-3H3,(H,36,41). The third kappa shape index (κ3) is 7.66. The molecule has 3 amide bonds. The Morgan fingerprint density at radius 2 is 1.47 bits per heavy atom. The van der Waals surface area contributed by atoms with E-state index in [1.165, 1.54) is 7.11 Å². The van der Waals surface area contributed by atoms with Crippen molar-refractivity contribution in [1.29, 1.82) is 0 Å². The lowest BCUT2D eigenvalue weighted by molar-refractivity contribution is -0.130. The molecule has 2 heterocycles. The van der Waals surface area contributed by atoms with Crippen molar-refractivity contribution in [1.82, 2.24) is 15.1 Å². The van der Waals surface area contributed by atoms with Crippen LogP contribution in [0.15, 0.2) is 60.7 Å². The van der Waals surface area contributed by atoms with Crippen molar-refractivity contribution >= 4 is 29.1 Å². The number of methoxy groups -OCH3 is 3. The van der Waals surface area contributed by atoms with Gasteiger partial charge in [-0.25, -0.2) is 0 Å². The first-order valence-corrected chi connectivity index (χ1v) is 15.2. The first-order chi connectivity index (χ1) is 21.9. The van der Waals surface area contributed by atoms with Gasteiger partial charge in [-0.15, -0.1) is 0 Å². The molecule has 2 N–H and O–H groups in total. The zero-order valence-electron chi connectivity index (χ0n) is 26.1. The molecule has 5 rings (SSSR count). The Kier molecular flexibility index (Phi) is 10.4. The fourth-order valence-corrected chi connectivity index (χ4v) is 5.67. The minimum absolute atomic E-state index is 0.0645. The summed E-state index contributed by atoms with van der Waals surface area (Å²) in [4.78, 5) is 45.9. The van der Waals surface area contributed by atoms with Gasteiger partial charge < -0.3 is 39.5 Å². The third-order valence-electron chi connectivity index (χ3n) is 8.25. The van der Waals surface area contributed by atoms with Crippen LogP contribution >= 0.6 is 0 Å². The van der Waals surface area contributed by atoms with Crippen LogP contribution < -0.4 is 29.7 Å². The van der Waals surface area contributed by atoms with E-state index in [4.69, 9.17) is 14.2 Å². The average Bonchev–Trinajstić information content (AvgIpc) is 3.38. The number of carbonyl (C=O) groups is 3. The Balaban J connectivity index is 1.34. The summed E-state index contributed by atoms with van der Waals surface area (Å²) in [6.07, 6.45) is 1.20. The van der Waals surface area contributed by atoms with Crippen molar-refractivity contribution < 1.29 is 28.6 Å². The first kappa shape index (κ1) is 31.6. The maximum absolute atomic E-state index is 13.5. The smallest absolute Gasteiger partial charge is 0.255 e. The number of nitrogens with one attached hydrogen (secondary N) is 2. The maximum Gasteiger partial charge on any atom is 0.255 e. The molecule has 0 bridgehead atoms. The molecule has 3 aromatic carbocycles. The Morgan fingerprint density at radius 1 is 0.733 bits per heavy atom. The van der Waals surface area contributed by atoms with E-state index in [0.717, 1.165) is 36.5 Å². The van der Waals surface area contributed by atoms with Gasteiger partial charge in [0.15, 0.2) is 11.5 Å². The number of anilines is 2. The lowest BCUT2D eigenvalue weighted by atomic mass is 10.1. The summed E-state index contributed by atoms with van der Waals surface area (Å²) in [5.41, 5.74) is 3.16. The van der Waals surface area contributed by atoms with E-state index in [1.807, 2.05) is 46.2 Å². The Labute approximate surface area is 264 Å². The second-order valence-electron chi connectivity index (χ2n) is 11.0. The highest BCUT2D eigenvalue weighted by Crippen LogP contribution is 2.32. The van der Waals surface area contributed by atoms with Gasteiger partial charge >= 0.3 is 0 Å². The van der Waals surface area contributed by atoms with Crippen LogP contribution in [0.5, 0.6) is 17.2 Å². The number of hydrogen-bond acceptors (Lipinski definition) is 8. The summed E-state index contributed by atoms with van der Waals surface area (Å²) in [6, 6.07) is 18.0. The molecule has 2 fully saturated rings. The average molecular weight is 616 g/mol. The number of rotatable bonds is 9. The van der Waals surface area contributed by atoms with E-state index in [0.29, 0.717) is 74.0 Å². The number of carbonyl (C=O) groups excluding carboxylic acids is 3. The molecule has 0 spiro atoms. The molecular weight excluding hydrogens is 574 g/mol. The van der Waals surface area contributed by atoms with Crippen molar-refractivity contribution in [2.45, 2.75) is 12.8 Å². The molecule has 2 saturated heterocycles. The van der Waals surface area contributed by atoms with Gasteiger partial charge in [0.1, 0.15) is 5.75 Å². The van der Waals surface area contributed by atoms with E-state index in [9.17, 15) is 14.4 Å². The maximum atomic E-state index is 13.5. The van der Waals surface area contributed by atoms with Crippen LogP contribution in [0.25, 0.3) is 0 Å². The number of piperazine rings is 1. The molecule has 11 heteroatoms. The topological polar surface area (TPSA) is 113 Å². The number of benzene rings is 3. The summed E-state index contributed by atoms with van der Waals surface area (Å²) >= 11 is 0. The summed E-state index contributed by atoms with van der Waals surface area (Å²) in [5.74, 6) is 1.38. The molecule has 0 aromatic heterocycles. The fraction of sp³-hybridized carbons (Fsp3) is 0.382. The second kappa shape index (κ2) is 14.8. The van der Waals surface area contributed by atoms with E-state index < -0.39 is 0 Å². The Hall–Kier alpha value is -4.77. The minimum Gasteiger partial charge on any atom is -0.497 e. The number of ether oxygens (including phenoxy) is 3. The van der Waals surface area contributed by atoms with Crippen LogP contribution in [0.3, 0.4) is 0 Å². The second-order valence-corrected chi connectivity index (χ2v) is 11.0. The highest BCUT2D eigenvalue weighted by molar-refractivity contribution is 6.07. The zero-order valence-corrected chi connectivity index (χ0v) is 26.1. The van der Waals surface area contributed by atoms with Crippen LogP contribution in [0.4, 0.5) is 11.4 Å². The molecule has 11 nitrogen and oxygen atoms in total. The fourth-order valence-electron chi connectivity index (χ4n) is 5.67. The molecule has 2 aliphatic rings. The molecule has 45 heavy (non-hydrogen) atoms. The molecule has 0 unspecified atom stereocenters.